The fraction of sp³-hybridized carbons (Fsp3) is 0.333. The Labute approximate surface area is 124 Å². The Bertz CT molecular complexity index is 522. The van der Waals surface area contributed by atoms with Gasteiger partial charge in [0.15, 0.2) is 0 Å². The third kappa shape index (κ3) is 4.10. The number of hydrogen-bond donors (Lipinski definition) is 0. The van der Waals surface area contributed by atoms with Gasteiger partial charge in [-0.1, -0.05) is 30.3 Å². The number of nitrogens with zero attached hydrogens (tertiary/aromatic N) is 3. The van der Waals surface area contributed by atoms with Crippen LogP contribution >= 0.6 is 11.6 Å². The first-order chi connectivity index (χ1) is 9.83. The molecule has 2 rings (SSSR count). The second-order valence-corrected chi connectivity index (χ2v) is 4.62. The van der Waals surface area contributed by atoms with E-state index in [1.807, 2.05) is 31.2 Å². The largest absolute Gasteiger partial charge is 0.478 e. The summed E-state index contributed by atoms with van der Waals surface area (Å²) in [4.78, 5) is 10.5. The molecule has 0 N–H and O–H groups in total. The number of alkyl halides is 1. The van der Waals surface area contributed by atoms with Crippen molar-refractivity contribution in [2.45, 2.75) is 13.5 Å². The van der Waals surface area contributed by atoms with E-state index in [0.717, 1.165) is 18.9 Å². The highest BCUT2D eigenvalue weighted by molar-refractivity contribution is 6.18. The van der Waals surface area contributed by atoms with Crippen LogP contribution < -0.4 is 9.64 Å². The maximum absolute atomic E-state index is 5.90. The molecule has 5 heteroatoms. The summed E-state index contributed by atoms with van der Waals surface area (Å²) < 4.78 is 5.41. The van der Waals surface area contributed by atoms with Crippen molar-refractivity contribution >= 4 is 17.4 Å². The molecule has 0 atom stereocenters. The zero-order chi connectivity index (χ0) is 14.2. The van der Waals surface area contributed by atoms with E-state index in [0.29, 0.717) is 18.4 Å². The molecule has 0 saturated carbocycles. The van der Waals surface area contributed by atoms with Gasteiger partial charge in [-0.2, -0.15) is 0 Å². The van der Waals surface area contributed by atoms with Crippen molar-refractivity contribution in [3.8, 4) is 5.88 Å². The van der Waals surface area contributed by atoms with E-state index in [-0.39, 0.29) is 0 Å². The molecule has 1 aromatic heterocycles. The molecule has 0 aliphatic rings. The second kappa shape index (κ2) is 7.70. The number of ether oxygens (including phenoxy) is 1. The summed E-state index contributed by atoms with van der Waals surface area (Å²) in [7, 11) is 0. The van der Waals surface area contributed by atoms with Crippen LogP contribution in [0.25, 0.3) is 0 Å². The summed E-state index contributed by atoms with van der Waals surface area (Å²) in [5, 5.41) is 0. The zero-order valence-electron chi connectivity index (χ0n) is 11.5. The SMILES string of the molecule is CCOc1cc(N(CCCl)Cc2ccccc2)ncn1. The van der Waals surface area contributed by atoms with Crippen molar-refractivity contribution in [1.29, 1.82) is 0 Å². The number of aromatic nitrogens is 2. The van der Waals surface area contributed by atoms with Gasteiger partial charge in [0.05, 0.1) is 6.61 Å². The van der Waals surface area contributed by atoms with Crippen LogP contribution in [0.5, 0.6) is 5.88 Å². The van der Waals surface area contributed by atoms with Gasteiger partial charge in [-0.15, -0.1) is 11.6 Å². The van der Waals surface area contributed by atoms with Gasteiger partial charge in [0.1, 0.15) is 12.1 Å². The molecule has 0 aliphatic heterocycles. The van der Waals surface area contributed by atoms with E-state index in [1.165, 1.54) is 11.9 Å². The molecule has 0 bridgehead atoms. The van der Waals surface area contributed by atoms with Crippen molar-refractivity contribution in [1.82, 2.24) is 9.97 Å². The molecular formula is C15H18ClN3O. The predicted molar refractivity (Wildman–Crippen MR) is 81.4 cm³/mol. The van der Waals surface area contributed by atoms with Crippen LogP contribution in [0.15, 0.2) is 42.7 Å². The Kier molecular flexibility index (Phi) is 5.62. The monoisotopic (exact) mass is 291 g/mol. The molecule has 0 saturated heterocycles. The maximum atomic E-state index is 5.90. The Morgan fingerprint density at radius 3 is 2.70 bits per heavy atom. The van der Waals surface area contributed by atoms with Crippen molar-refractivity contribution in [2.75, 3.05) is 23.9 Å². The molecule has 0 spiro atoms. The van der Waals surface area contributed by atoms with Gasteiger partial charge in [0.25, 0.3) is 0 Å². The molecule has 4 nitrogen and oxygen atoms in total. The molecular weight excluding hydrogens is 274 g/mol. The molecule has 0 amide bonds. The fourth-order valence-electron chi connectivity index (χ4n) is 1.91. The third-order valence-corrected chi connectivity index (χ3v) is 2.98. The molecule has 0 fully saturated rings. The van der Waals surface area contributed by atoms with Gasteiger partial charge in [0.2, 0.25) is 5.88 Å². The van der Waals surface area contributed by atoms with Crippen LogP contribution in [0.2, 0.25) is 0 Å². The highest BCUT2D eigenvalue weighted by Gasteiger charge is 2.10. The highest BCUT2D eigenvalue weighted by Crippen LogP contribution is 2.18. The average molecular weight is 292 g/mol. The Hall–Kier alpha value is -1.81. The first-order valence-electron chi connectivity index (χ1n) is 6.63. The quantitative estimate of drug-likeness (QED) is 0.735. The minimum atomic E-state index is 0.542. The van der Waals surface area contributed by atoms with E-state index in [1.54, 1.807) is 0 Å². The Morgan fingerprint density at radius 2 is 2.00 bits per heavy atom. The molecule has 0 radical (unpaired) electrons. The summed E-state index contributed by atoms with van der Waals surface area (Å²) in [6.07, 6.45) is 1.52. The molecule has 1 aromatic carbocycles. The van der Waals surface area contributed by atoms with Gasteiger partial charge in [-0.25, -0.2) is 9.97 Å². The summed E-state index contributed by atoms with van der Waals surface area (Å²) in [5.41, 5.74) is 1.22. The van der Waals surface area contributed by atoms with Crippen molar-refractivity contribution < 1.29 is 4.74 Å². The third-order valence-electron chi connectivity index (χ3n) is 2.81. The lowest BCUT2D eigenvalue weighted by Crippen LogP contribution is -2.26. The molecule has 0 unspecified atom stereocenters. The van der Waals surface area contributed by atoms with E-state index >= 15 is 0 Å². The normalized spacial score (nSPS) is 10.3. The van der Waals surface area contributed by atoms with E-state index < -0.39 is 0 Å². The fourth-order valence-corrected chi connectivity index (χ4v) is 2.11. The number of hydrogen-bond acceptors (Lipinski definition) is 4. The zero-order valence-corrected chi connectivity index (χ0v) is 12.3. The Balaban J connectivity index is 2.17. The summed E-state index contributed by atoms with van der Waals surface area (Å²) >= 11 is 5.90. The molecule has 2 aromatic rings. The van der Waals surface area contributed by atoms with Crippen LogP contribution in [-0.2, 0) is 6.54 Å². The van der Waals surface area contributed by atoms with Gasteiger partial charge in [-0.3, -0.25) is 0 Å². The molecule has 106 valence electrons. The van der Waals surface area contributed by atoms with Crippen LogP contribution in [0.3, 0.4) is 0 Å². The van der Waals surface area contributed by atoms with Gasteiger partial charge >= 0.3 is 0 Å². The van der Waals surface area contributed by atoms with E-state index in [9.17, 15) is 0 Å². The summed E-state index contributed by atoms with van der Waals surface area (Å²) in [5.74, 6) is 1.96. The first-order valence-corrected chi connectivity index (χ1v) is 7.16. The van der Waals surface area contributed by atoms with Crippen LogP contribution in [0.4, 0.5) is 5.82 Å². The lowest BCUT2D eigenvalue weighted by Gasteiger charge is -2.23. The number of benzene rings is 1. The number of rotatable bonds is 7. The lowest BCUT2D eigenvalue weighted by atomic mass is 10.2. The second-order valence-electron chi connectivity index (χ2n) is 4.24. The minimum Gasteiger partial charge on any atom is -0.478 e. The molecule has 0 aliphatic carbocycles. The van der Waals surface area contributed by atoms with Crippen LogP contribution in [-0.4, -0.2) is 29.0 Å². The predicted octanol–water partition coefficient (Wildman–Crippen LogP) is 3.12. The molecule has 20 heavy (non-hydrogen) atoms. The van der Waals surface area contributed by atoms with Gasteiger partial charge < -0.3 is 9.64 Å². The van der Waals surface area contributed by atoms with E-state index in [2.05, 4.69) is 27.0 Å². The average Bonchev–Trinajstić information content (AvgIpc) is 2.49. The van der Waals surface area contributed by atoms with Crippen LogP contribution in [0, 0.1) is 0 Å². The van der Waals surface area contributed by atoms with Crippen molar-refractivity contribution in [3.63, 3.8) is 0 Å². The highest BCUT2D eigenvalue weighted by atomic mass is 35.5. The summed E-state index contributed by atoms with van der Waals surface area (Å²) in [6, 6.07) is 12.1. The number of anilines is 1. The van der Waals surface area contributed by atoms with E-state index in [4.69, 9.17) is 16.3 Å². The van der Waals surface area contributed by atoms with Gasteiger partial charge in [0, 0.05) is 25.0 Å². The summed E-state index contributed by atoms with van der Waals surface area (Å²) in [6.45, 7) is 4.00. The smallest absolute Gasteiger partial charge is 0.218 e. The van der Waals surface area contributed by atoms with Crippen LogP contribution in [0.1, 0.15) is 12.5 Å². The minimum absolute atomic E-state index is 0.542. The van der Waals surface area contributed by atoms with Crippen molar-refractivity contribution in [3.05, 3.63) is 48.3 Å². The van der Waals surface area contributed by atoms with Gasteiger partial charge in [-0.05, 0) is 12.5 Å². The lowest BCUT2D eigenvalue weighted by molar-refractivity contribution is 0.326. The first kappa shape index (κ1) is 14.6. The van der Waals surface area contributed by atoms with Crippen molar-refractivity contribution in [2.24, 2.45) is 0 Å². The maximum Gasteiger partial charge on any atom is 0.218 e. The topological polar surface area (TPSA) is 38.2 Å². The Morgan fingerprint density at radius 1 is 1.20 bits per heavy atom. The number of halogens is 1. The standard InChI is InChI=1S/C15H18ClN3O/c1-2-20-15-10-14(17-12-18-15)19(9-8-16)11-13-6-4-3-5-7-13/h3-7,10,12H,2,8-9,11H2,1H3. The molecule has 1 heterocycles.